The van der Waals surface area contributed by atoms with E-state index in [4.69, 9.17) is 5.84 Å². The highest BCUT2D eigenvalue weighted by molar-refractivity contribution is 5.94. The van der Waals surface area contributed by atoms with E-state index in [0.717, 1.165) is 31.0 Å². The summed E-state index contributed by atoms with van der Waals surface area (Å²) in [5.41, 5.74) is 4.10. The zero-order valence-electron chi connectivity index (χ0n) is 12.5. The summed E-state index contributed by atoms with van der Waals surface area (Å²) in [6.07, 6.45) is 3.06. The molecule has 1 heterocycles. The molecule has 3 N–H and O–H groups in total. The highest BCUT2D eigenvalue weighted by Crippen LogP contribution is 2.38. The Kier molecular flexibility index (Phi) is 4.60. The molecule has 0 radical (unpaired) electrons. The molecule has 2 unspecified atom stereocenters. The summed E-state index contributed by atoms with van der Waals surface area (Å²) in [6.45, 7) is 5.15. The van der Waals surface area contributed by atoms with E-state index in [1.165, 1.54) is 6.42 Å². The molecule has 2 rings (SSSR count). The number of hydrogen-bond donors (Lipinski definition) is 2. The van der Waals surface area contributed by atoms with Gasteiger partial charge < -0.3 is 10.3 Å². The molecule has 2 atom stereocenters. The van der Waals surface area contributed by atoms with Crippen molar-refractivity contribution < 1.29 is 4.79 Å². The number of carbonyl (C=O) groups excluding carboxylic acids is 1. The summed E-state index contributed by atoms with van der Waals surface area (Å²) in [5, 5.41) is 0. The van der Waals surface area contributed by atoms with Crippen LogP contribution < -0.4 is 11.3 Å². The Bertz CT molecular complexity index is 489. The minimum absolute atomic E-state index is 0.0420. The van der Waals surface area contributed by atoms with E-state index in [9.17, 15) is 4.79 Å². The third kappa shape index (κ3) is 3.48. The molecule has 0 spiro atoms. The maximum absolute atomic E-state index is 12.5. The van der Waals surface area contributed by atoms with Crippen LogP contribution in [0.15, 0.2) is 12.1 Å². The Labute approximate surface area is 120 Å². The van der Waals surface area contributed by atoms with Gasteiger partial charge in [-0.05, 0) is 36.8 Å². The number of amides is 1. The van der Waals surface area contributed by atoms with Crippen molar-refractivity contribution in [2.45, 2.75) is 33.1 Å². The lowest BCUT2D eigenvalue weighted by Crippen LogP contribution is -2.29. The normalized spacial score (nSPS) is 20.6. The molecule has 5 heteroatoms. The first-order valence-corrected chi connectivity index (χ1v) is 7.28. The van der Waals surface area contributed by atoms with Gasteiger partial charge in [-0.15, -0.1) is 0 Å². The van der Waals surface area contributed by atoms with Crippen molar-refractivity contribution in [1.29, 1.82) is 0 Å². The molecule has 0 bridgehead atoms. The Morgan fingerprint density at radius 1 is 1.55 bits per heavy atom. The second-order valence-electron chi connectivity index (χ2n) is 5.79. The average Bonchev–Trinajstić information content (AvgIpc) is 3.13. The average molecular weight is 276 g/mol. The van der Waals surface area contributed by atoms with Crippen molar-refractivity contribution in [2.24, 2.45) is 17.7 Å². The summed E-state index contributed by atoms with van der Waals surface area (Å²) >= 11 is 0. The predicted molar refractivity (Wildman–Crippen MR) is 80.3 cm³/mol. The summed E-state index contributed by atoms with van der Waals surface area (Å²) in [5.74, 6) is 7.43. The minimum atomic E-state index is 0.0420. The van der Waals surface area contributed by atoms with Gasteiger partial charge in [0.05, 0.1) is 0 Å². The van der Waals surface area contributed by atoms with Gasteiger partial charge in [-0.1, -0.05) is 20.3 Å². The van der Waals surface area contributed by atoms with Crippen molar-refractivity contribution in [2.75, 3.05) is 19.0 Å². The SMILES string of the molecule is CCCc1cc(C(=O)N(C)CC2CC2C)cc(NN)n1. The first-order chi connectivity index (χ1) is 9.55. The van der Waals surface area contributed by atoms with Crippen molar-refractivity contribution >= 4 is 11.7 Å². The second-order valence-corrected chi connectivity index (χ2v) is 5.79. The maximum atomic E-state index is 12.5. The maximum Gasteiger partial charge on any atom is 0.253 e. The fourth-order valence-corrected chi connectivity index (χ4v) is 2.48. The number of aryl methyl sites for hydroxylation is 1. The molecular formula is C15H24N4O. The molecule has 1 amide bonds. The smallest absolute Gasteiger partial charge is 0.253 e. The number of anilines is 1. The molecule has 5 nitrogen and oxygen atoms in total. The highest BCUT2D eigenvalue weighted by Gasteiger charge is 2.34. The zero-order valence-corrected chi connectivity index (χ0v) is 12.5. The van der Waals surface area contributed by atoms with Gasteiger partial charge >= 0.3 is 0 Å². The number of nitrogen functional groups attached to an aromatic ring is 1. The monoisotopic (exact) mass is 276 g/mol. The van der Waals surface area contributed by atoms with E-state index in [-0.39, 0.29) is 5.91 Å². The standard InChI is InChI=1S/C15H24N4O/c1-4-5-13-7-11(8-14(17-13)18-16)15(20)19(3)9-12-6-10(12)2/h7-8,10,12H,4-6,9,16H2,1-3H3,(H,17,18). The lowest BCUT2D eigenvalue weighted by atomic mass is 10.1. The van der Waals surface area contributed by atoms with Gasteiger partial charge in [0.25, 0.3) is 5.91 Å². The van der Waals surface area contributed by atoms with Gasteiger partial charge in [0, 0.05) is 24.8 Å². The van der Waals surface area contributed by atoms with Crippen LogP contribution in [-0.2, 0) is 6.42 Å². The summed E-state index contributed by atoms with van der Waals surface area (Å²) in [6, 6.07) is 3.59. The largest absolute Gasteiger partial charge is 0.341 e. The van der Waals surface area contributed by atoms with Gasteiger partial charge in [0.1, 0.15) is 5.82 Å². The highest BCUT2D eigenvalue weighted by atomic mass is 16.2. The molecular weight excluding hydrogens is 252 g/mol. The van der Waals surface area contributed by atoms with Crippen molar-refractivity contribution in [3.63, 3.8) is 0 Å². The second kappa shape index (κ2) is 6.22. The molecule has 1 aliphatic carbocycles. The number of nitrogens with one attached hydrogen (secondary N) is 1. The topological polar surface area (TPSA) is 71.2 Å². The van der Waals surface area contributed by atoms with Crippen LogP contribution in [0.25, 0.3) is 0 Å². The number of rotatable bonds is 6. The molecule has 0 aliphatic heterocycles. The number of pyridine rings is 1. The molecule has 1 saturated carbocycles. The van der Waals surface area contributed by atoms with E-state index in [1.54, 1.807) is 11.0 Å². The van der Waals surface area contributed by atoms with Gasteiger partial charge in [0.2, 0.25) is 0 Å². The van der Waals surface area contributed by atoms with E-state index < -0.39 is 0 Å². The molecule has 1 aliphatic rings. The van der Waals surface area contributed by atoms with Crippen LogP contribution in [0.3, 0.4) is 0 Å². The Morgan fingerprint density at radius 3 is 2.80 bits per heavy atom. The Morgan fingerprint density at radius 2 is 2.25 bits per heavy atom. The summed E-state index contributed by atoms with van der Waals surface area (Å²) in [4.78, 5) is 18.6. The van der Waals surface area contributed by atoms with Crippen LogP contribution >= 0.6 is 0 Å². The van der Waals surface area contributed by atoms with Gasteiger partial charge in [-0.2, -0.15) is 0 Å². The molecule has 1 fully saturated rings. The lowest BCUT2D eigenvalue weighted by Gasteiger charge is -2.18. The molecule has 1 aromatic rings. The summed E-state index contributed by atoms with van der Waals surface area (Å²) in [7, 11) is 1.86. The Balaban J connectivity index is 2.12. The van der Waals surface area contributed by atoms with E-state index in [2.05, 4.69) is 24.3 Å². The van der Waals surface area contributed by atoms with E-state index in [0.29, 0.717) is 17.3 Å². The molecule has 110 valence electrons. The third-order valence-electron chi connectivity index (χ3n) is 3.91. The number of hydrazine groups is 1. The van der Waals surface area contributed by atoms with Crippen molar-refractivity contribution in [1.82, 2.24) is 9.88 Å². The number of aromatic nitrogens is 1. The quantitative estimate of drug-likeness (QED) is 0.616. The first-order valence-electron chi connectivity index (χ1n) is 7.28. The zero-order chi connectivity index (χ0) is 14.7. The fraction of sp³-hybridized carbons (Fsp3) is 0.600. The van der Waals surface area contributed by atoms with Crippen LogP contribution in [0.1, 0.15) is 42.7 Å². The van der Waals surface area contributed by atoms with Crippen molar-refractivity contribution in [3.05, 3.63) is 23.4 Å². The van der Waals surface area contributed by atoms with Crippen LogP contribution in [0.2, 0.25) is 0 Å². The van der Waals surface area contributed by atoms with E-state index >= 15 is 0 Å². The van der Waals surface area contributed by atoms with Crippen LogP contribution in [0.4, 0.5) is 5.82 Å². The van der Waals surface area contributed by atoms with Gasteiger partial charge in [-0.25, -0.2) is 10.8 Å². The molecule has 0 saturated heterocycles. The fourth-order valence-electron chi connectivity index (χ4n) is 2.48. The Hall–Kier alpha value is -1.62. The number of nitrogens with two attached hydrogens (primary N) is 1. The number of nitrogens with zero attached hydrogens (tertiary/aromatic N) is 2. The third-order valence-corrected chi connectivity index (χ3v) is 3.91. The van der Waals surface area contributed by atoms with Gasteiger partial charge in [0.15, 0.2) is 0 Å². The minimum Gasteiger partial charge on any atom is -0.341 e. The first kappa shape index (κ1) is 14.8. The molecule has 1 aromatic heterocycles. The number of carbonyl (C=O) groups is 1. The predicted octanol–water partition coefficient (Wildman–Crippen LogP) is 2.05. The van der Waals surface area contributed by atoms with Crippen molar-refractivity contribution in [3.8, 4) is 0 Å². The summed E-state index contributed by atoms with van der Waals surface area (Å²) < 4.78 is 0. The molecule has 20 heavy (non-hydrogen) atoms. The number of hydrogen-bond acceptors (Lipinski definition) is 4. The van der Waals surface area contributed by atoms with E-state index in [1.807, 2.05) is 13.1 Å². The lowest BCUT2D eigenvalue weighted by molar-refractivity contribution is 0.0787. The molecule has 0 aromatic carbocycles. The van der Waals surface area contributed by atoms with Gasteiger partial charge in [-0.3, -0.25) is 4.79 Å². The van der Waals surface area contributed by atoms with Crippen LogP contribution in [0, 0.1) is 11.8 Å². The van der Waals surface area contributed by atoms with Crippen LogP contribution in [-0.4, -0.2) is 29.4 Å². The van der Waals surface area contributed by atoms with Crippen LogP contribution in [0.5, 0.6) is 0 Å².